The SMILES string of the molecule is COC(=O)C(=C(O)CSc1nnc(-c2ccccc2OC)o1)c1nc2ccccc2[nH]1. The highest BCUT2D eigenvalue weighted by Gasteiger charge is 2.23. The summed E-state index contributed by atoms with van der Waals surface area (Å²) in [6.45, 7) is 0. The third kappa shape index (κ3) is 4.24. The molecule has 2 heterocycles. The van der Waals surface area contributed by atoms with E-state index in [0.717, 1.165) is 17.3 Å². The summed E-state index contributed by atoms with van der Waals surface area (Å²) in [5.74, 6) is 0.156. The average Bonchev–Trinajstić information content (AvgIpc) is 3.44. The predicted octanol–water partition coefficient (Wildman–Crippen LogP) is 3.86. The molecule has 2 aromatic heterocycles. The summed E-state index contributed by atoms with van der Waals surface area (Å²) in [6, 6.07) is 14.6. The van der Waals surface area contributed by atoms with Crippen LogP contribution in [0.15, 0.2) is 63.9 Å². The van der Waals surface area contributed by atoms with Crippen LogP contribution in [0.4, 0.5) is 0 Å². The number of hydrogen-bond donors (Lipinski definition) is 2. The molecule has 31 heavy (non-hydrogen) atoms. The first-order chi connectivity index (χ1) is 15.1. The van der Waals surface area contributed by atoms with Gasteiger partial charge in [0.25, 0.3) is 11.1 Å². The van der Waals surface area contributed by atoms with E-state index in [2.05, 4.69) is 20.2 Å². The Morgan fingerprint density at radius 3 is 2.68 bits per heavy atom. The van der Waals surface area contributed by atoms with Crippen LogP contribution in [0, 0.1) is 0 Å². The van der Waals surface area contributed by atoms with E-state index >= 15 is 0 Å². The van der Waals surface area contributed by atoms with Crippen molar-refractivity contribution in [2.75, 3.05) is 20.0 Å². The molecule has 2 N–H and O–H groups in total. The van der Waals surface area contributed by atoms with Crippen molar-refractivity contribution >= 4 is 34.3 Å². The zero-order chi connectivity index (χ0) is 21.8. The van der Waals surface area contributed by atoms with Crippen molar-refractivity contribution in [1.82, 2.24) is 20.2 Å². The van der Waals surface area contributed by atoms with Gasteiger partial charge in [0.2, 0.25) is 0 Å². The van der Waals surface area contributed by atoms with Crippen molar-refractivity contribution in [1.29, 1.82) is 0 Å². The number of nitrogens with zero attached hydrogens (tertiary/aromatic N) is 3. The molecule has 9 nitrogen and oxygen atoms in total. The number of benzene rings is 2. The summed E-state index contributed by atoms with van der Waals surface area (Å²) in [7, 11) is 2.79. The number of methoxy groups -OCH3 is 2. The van der Waals surface area contributed by atoms with Crippen LogP contribution in [0.25, 0.3) is 28.1 Å². The standard InChI is InChI=1S/C21H18N4O5S/c1-28-16-10-6-3-7-12(16)19-24-25-21(30-19)31-11-15(26)17(20(27)29-2)18-22-13-8-4-5-9-14(13)23-18/h3-10,26H,11H2,1-2H3,(H,22,23). The molecule has 0 radical (unpaired) electrons. The molecule has 0 fully saturated rings. The highest BCUT2D eigenvalue weighted by molar-refractivity contribution is 7.99. The molecule has 0 bridgehead atoms. The maximum atomic E-state index is 12.3. The van der Waals surface area contributed by atoms with E-state index in [1.165, 1.54) is 7.11 Å². The van der Waals surface area contributed by atoms with Gasteiger partial charge in [-0.3, -0.25) is 0 Å². The maximum Gasteiger partial charge on any atom is 0.345 e. The number of imidazole rings is 1. The first kappa shape index (κ1) is 20.5. The number of carbonyl (C=O) groups excluding carboxylic acids is 1. The van der Waals surface area contributed by atoms with Gasteiger partial charge in [0, 0.05) is 0 Å². The van der Waals surface area contributed by atoms with Crippen LogP contribution in [-0.4, -0.2) is 51.2 Å². The van der Waals surface area contributed by atoms with Gasteiger partial charge in [-0.1, -0.05) is 36.0 Å². The lowest BCUT2D eigenvalue weighted by Crippen LogP contribution is -2.09. The Morgan fingerprint density at radius 2 is 1.90 bits per heavy atom. The van der Waals surface area contributed by atoms with Gasteiger partial charge in [-0.2, -0.15) is 0 Å². The molecule has 10 heteroatoms. The lowest BCUT2D eigenvalue weighted by Gasteiger charge is -2.06. The number of hydrogen-bond acceptors (Lipinski definition) is 9. The van der Waals surface area contributed by atoms with Crippen molar-refractivity contribution in [2.24, 2.45) is 0 Å². The van der Waals surface area contributed by atoms with Crippen LogP contribution >= 0.6 is 11.8 Å². The maximum absolute atomic E-state index is 12.3. The first-order valence-corrected chi connectivity index (χ1v) is 10.1. The lowest BCUT2D eigenvalue weighted by atomic mass is 10.2. The smallest absolute Gasteiger partial charge is 0.345 e. The van der Waals surface area contributed by atoms with E-state index in [1.54, 1.807) is 25.3 Å². The minimum absolute atomic E-state index is 0.00492. The molecule has 0 aliphatic heterocycles. The van der Waals surface area contributed by atoms with E-state index in [0.29, 0.717) is 16.8 Å². The van der Waals surface area contributed by atoms with Gasteiger partial charge in [-0.05, 0) is 24.3 Å². The third-order valence-corrected chi connectivity index (χ3v) is 5.21. The number of aromatic amines is 1. The van der Waals surface area contributed by atoms with Gasteiger partial charge in [0.1, 0.15) is 22.9 Å². The monoisotopic (exact) mass is 438 g/mol. The van der Waals surface area contributed by atoms with Crippen molar-refractivity contribution in [3.05, 3.63) is 60.1 Å². The van der Waals surface area contributed by atoms with Crippen LogP contribution in [0.1, 0.15) is 5.82 Å². The molecule has 2 aromatic carbocycles. The Bertz CT molecular complexity index is 1230. The van der Waals surface area contributed by atoms with Crippen molar-refractivity contribution in [3.8, 4) is 17.2 Å². The van der Waals surface area contributed by atoms with Gasteiger partial charge >= 0.3 is 5.97 Å². The fourth-order valence-electron chi connectivity index (χ4n) is 2.92. The molecule has 0 unspecified atom stereocenters. The van der Waals surface area contributed by atoms with Gasteiger partial charge in [0.05, 0.1) is 36.6 Å². The number of rotatable bonds is 7. The molecular weight excluding hydrogens is 420 g/mol. The van der Waals surface area contributed by atoms with Crippen molar-refractivity contribution in [2.45, 2.75) is 5.22 Å². The Hall–Kier alpha value is -3.79. The van der Waals surface area contributed by atoms with Crippen molar-refractivity contribution in [3.63, 3.8) is 0 Å². The molecular formula is C21H18N4O5S. The summed E-state index contributed by atoms with van der Waals surface area (Å²) in [5, 5.41) is 18.9. The summed E-state index contributed by atoms with van der Waals surface area (Å²) >= 11 is 1.08. The predicted molar refractivity (Wildman–Crippen MR) is 115 cm³/mol. The Morgan fingerprint density at radius 1 is 1.13 bits per heavy atom. The summed E-state index contributed by atoms with van der Waals surface area (Å²) in [4.78, 5) is 19.7. The highest BCUT2D eigenvalue weighted by atomic mass is 32.2. The number of carbonyl (C=O) groups is 1. The van der Waals surface area contributed by atoms with Gasteiger partial charge < -0.3 is 24.0 Å². The lowest BCUT2D eigenvalue weighted by molar-refractivity contribution is -0.133. The van der Waals surface area contributed by atoms with E-state index in [4.69, 9.17) is 13.9 Å². The minimum atomic E-state index is -0.711. The van der Waals surface area contributed by atoms with E-state index in [-0.39, 0.29) is 34.0 Å². The van der Waals surface area contributed by atoms with E-state index in [9.17, 15) is 9.90 Å². The number of esters is 1. The van der Waals surface area contributed by atoms with Gasteiger partial charge in [-0.15, -0.1) is 10.2 Å². The van der Waals surface area contributed by atoms with E-state index in [1.807, 2.05) is 30.3 Å². The van der Waals surface area contributed by atoms with Crippen LogP contribution in [0.2, 0.25) is 0 Å². The Kier molecular flexibility index (Phi) is 5.89. The van der Waals surface area contributed by atoms with Gasteiger partial charge in [0.15, 0.2) is 0 Å². The normalized spacial score (nSPS) is 11.9. The number of H-pyrrole nitrogens is 1. The molecule has 0 amide bonds. The van der Waals surface area contributed by atoms with Crippen LogP contribution in [0.3, 0.4) is 0 Å². The number of nitrogens with one attached hydrogen (secondary N) is 1. The molecule has 0 aliphatic rings. The number of thioether (sulfide) groups is 1. The first-order valence-electron chi connectivity index (χ1n) is 9.16. The Balaban J connectivity index is 1.58. The Labute approximate surface area is 181 Å². The molecule has 4 aromatic rings. The highest BCUT2D eigenvalue weighted by Crippen LogP contribution is 2.31. The van der Waals surface area contributed by atoms with E-state index < -0.39 is 5.97 Å². The number of para-hydroxylation sites is 3. The number of fused-ring (bicyclic) bond motifs is 1. The number of aliphatic hydroxyl groups is 1. The second-order valence-corrected chi connectivity index (χ2v) is 7.20. The van der Waals surface area contributed by atoms with Crippen LogP contribution < -0.4 is 4.74 Å². The molecule has 0 atom stereocenters. The second kappa shape index (κ2) is 8.92. The third-order valence-electron chi connectivity index (χ3n) is 4.38. The van der Waals surface area contributed by atoms with Crippen LogP contribution in [0.5, 0.6) is 5.75 Å². The molecule has 0 aliphatic carbocycles. The van der Waals surface area contributed by atoms with Crippen molar-refractivity contribution < 1.29 is 23.8 Å². The zero-order valence-corrected chi connectivity index (χ0v) is 17.5. The number of aromatic nitrogens is 4. The summed E-state index contributed by atoms with van der Waals surface area (Å²) in [5.41, 5.74) is 1.99. The largest absolute Gasteiger partial charge is 0.510 e. The topological polar surface area (TPSA) is 123 Å². The number of aliphatic hydroxyl groups excluding tert-OH is 1. The van der Waals surface area contributed by atoms with Crippen LogP contribution in [-0.2, 0) is 9.53 Å². The summed E-state index contributed by atoms with van der Waals surface area (Å²) in [6.07, 6.45) is 0. The van der Waals surface area contributed by atoms with Gasteiger partial charge in [-0.25, -0.2) is 9.78 Å². The molecule has 4 rings (SSSR count). The fraction of sp³-hybridized carbons (Fsp3) is 0.143. The fourth-order valence-corrected chi connectivity index (χ4v) is 3.57. The minimum Gasteiger partial charge on any atom is -0.510 e. The summed E-state index contributed by atoms with van der Waals surface area (Å²) < 4.78 is 15.8. The zero-order valence-electron chi connectivity index (χ0n) is 16.7. The molecule has 158 valence electrons. The number of ether oxygens (including phenoxy) is 2. The quantitative estimate of drug-likeness (QED) is 0.192. The molecule has 0 saturated heterocycles. The second-order valence-electron chi connectivity index (χ2n) is 6.28. The molecule has 0 spiro atoms. The average molecular weight is 438 g/mol. The molecule has 0 saturated carbocycles.